The molecule has 0 spiro atoms. The highest BCUT2D eigenvalue weighted by molar-refractivity contribution is 7.98. The van der Waals surface area contributed by atoms with E-state index in [0.29, 0.717) is 0 Å². The molecule has 1 aromatic carbocycles. The number of hydrogen-bond donors (Lipinski definition) is 0. The van der Waals surface area contributed by atoms with Gasteiger partial charge in [-0.15, -0.1) is 11.8 Å². The van der Waals surface area contributed by atoms with Crippen molar-refractivity contribution in [2.45, 2.75) is 25.2 Å². The smallest absolute Gasteiger partial charge is 0.123 e. The summed E-state index contributed by atoms with van der Waals surface area (Å²) < 4.78 is 5.62. The number of hydrogen-bond acceptors (Lipinski definition) is 2. The van der Waals surface area contributed by atoms with E-state index in [1.54, 1.807) is 11.8 Å². The van der Waals surface area contributed by atoms with Crippen LogP contribution < -0.4 is 4.74 Å². The highest BCUT2D eigenvalue weighted by atomic mass is 32.2. The summed E-state index contributed by atoms with van der Waals surface area (Å²) in [5.41, 5.74) is 1.21. The lowest BCUT2D eigenvalue weighted by molar-refractivity contribution is 0.314. The molecule has 0 N–H and O–H groups in total. The second kappa shape index (κ2) is 5.18. The lowest BCUT2D eigenvalue weighted by Crippen LogP contribution is -1.96. The van der Waals surface area contributed by atoms with Crippen molar-refractivity contribution < 1.29 is 4.74 Å². The molecular weight excluding hydrogens is 180 g/mol. The van der Waals surface area contributed by atoms with E-state index in [-0.39, 0.29) is 0 Å². The number of rotatable bonds is 4. The van der Waals surface area contributed by atoms with E-state index in [4.69, 9.17) is 4.74 Å². The standard InChI is InChI=1S/C11H16OS/c1-4-7-12-11-8-10(13-3)6-5-9(11)2/h5-6,8H,4,7H2,1-3H3. The molecule has 1 rings (SSSR count). The Hall–Kier alpha value is -0.630. The van der Waals surface area contributed by atoms with Crippen molar-refractivity contribution in [1.29, 1.82) is 0 Å². The number of ether oxygens (including phenoxy) is 1. The maximum absolute atomic E-state index is 5.62. The van der Waals surface area contributed by atoms with E-state index in [1.165, 1.54) is 10.5 Å². The Morgan fingerprint density at radius 2 is 2.15 bits per heavy atom. The fourth-order valence-electron chi connectivity index (χ4n) is 1.07. The Bertz CT molecular complexity index is 271. The molecule has 0 fully saturated rings. The molecule has 0 aliphatic carbocycles. The van der Waals surface area contributed by atoms with Crippen LogP contribution in [0.2, 0.25) is 0 Å². The van der Waals surface area contributed by atoms with Gasteiger partial charge in [0.1, 0.15) is 5.75 Å². The minimum absolute atomic E-state index is 0.804. The molecule has 2 heteroatoms. The average Bonchev–Trinajstić information content (AvgIpc) is 2.17. The van der Waals surface area contributed by atoms with Crippen molar-refractivity contribution in [3.8, 4) is 5.75 Å². The van der Waals surface area contributed by atoms with Crippen LogP contribution in [0.4, 0.5) is 0 Å². The normalized spacial score (nSPS) is 10.1. The third kappa shape index (κ3) is 2.96. The van der Waals surface area contributed by atoms with Crippen molar-refractivity contribution in [2.75, 3.05) is 12.9 Å². The second-order valence-corrected chi connectivity index (χ2v) is 3.86. The van der Waals surface area contributed by atoms with Gasteiger partial charge in [0.15, 0.2) is 0 Å². The summed E-state index contributed by atoms with van der Waals surface area (Å²) in [5.74, 6) is 1.02. The quantitative estimate of drug-likeness (QED) is 0.682. The maximum atomic E-state index is 5.62. The molecule has 0 unspecified atom stereocenters. The zero-order chi connectivity index (χ0) is 9.68. The summed E-state index contributed by atoms with van der Waals surface area (Å²) in [7, 11) is 0. The summed E-state index contributed by atoms with van der Waals surface area (Å²) in [6.07, 6.45) is 3.14. The van der Waals surface area contributed by atoms with E-state index in [2.05, 4.69) is 38.3 Å². The monoisotopic (exact) mass is 196 g/mol. The number of thioether (sulfide) groups is 1. The third-order valence-electron chi connectivity index (χ3n) is 1.86. The van der Waals surface area contributed by atoms with E-state index >= 15 is 0 Å². The Morgan fingerprint density at radius 1 is 1.38 bits per heavy atom. The van der Waals surface area contributed by atoms with E-state index in [9.17, 15) is 0 Å². The SMILES string of the molecule is CCCOc1cc(SC)ccc1C. The predicted octanol–water partition coefficient (Wildman–Crippen LogP) is 3.51. The Kier molecular flexibility index (Phi) is 4.16. The summed E-state index contributed by atoms with van der Waals surface area (Å²) in [4.78, 5) is 1.26. The van der Waals surface area contributed by atoms with Crippen LogP contribution in [0.25, 0.3) is 0 Å². The van der Waals surface area contributed by atoms with E-state index in [1.807, 2.05) is 0 Å². The highest BCUT2D eigenvalue weighted by Crippen LogP contribution is 2.24. The molecule has 1 aromatic rings. The van der Waals surface area contributed by atoms with Crippen molar-refractivity contribution in [2.24, 2.45) is 0 Å². The van der Waals surface area contributed by atoms with E-state index in [0.717, 1.165) is 18.8 Å². The first-order chi connectivity index (χ1) is 6.27. The van der Waals surface area contributed by atoms with Crippen LogP contribution >= 0.6 is 11.8 Å². The van der Waals surface area contributed by atoms with Crippen LogP contribution in [0, 0.1) is 6.92 Å². The molecule has 0 heterocycles. The molecule has 0 bridgehead atoms. The zero-order valence-electron chi connectivity index (χ0n) is 8.46. The van der Waals surface area contributed by atoms with Gasteiger partial charge in [-0.1, -0.05) is 13.0 Å². The molecular formula is C11H16OS. The molecule has 0 amide bonds. The fraction of sp³-hybridized carbons (Fsp3) is 0.455. The van der Waals surface area contributed by atoms with Crippen molar-refractivity contribution in [3.63, 3.8) is 0 Å². The molecule has 0 aliphatic rings. The minimum atomic E-state index is 0.804. The van der Waals surface area contributed by atoms with Crippen LogP contribution in [0.3, 0.4) is 0 Å². The summed E-state index contributed by atoms with van der Waals surface area (Å²) in [6.45, 7) is 5.00. The molecule has 13 heavy (non-hydrogen) atoms. The molecule has 0 aromatic heterocycles. The average molecular weight is 196 g/mol. The van der Waals surface area contributed by atoms with Gasteiger partial charge in [0.05, 0.1) is 6.61 Å². The zero-order valence-corrected chi connectivity index (χ0v) is 9.28. The van der Waals surface area contributed by atoms with Gasteiger partial charge in [-0.3, -0.25) is 0 Å². The lowest BCUT2D eigenvalue weighted by atomic mass is 10.2. The van der Waals surface area contributed by atoms with Crippen molar-refractivity contribution in [3.05, 3.63) is 23.8 Å². The molecule has 0 atom stereocenters. The Labute approximate surface area is 84.5 Å². The summed E-state index contributed by atoms with van der Waals surface area (Å²) >= 11 is 1.75. The highest BCUT2D eigenvalue weighted by Gasteiger charge is 1.99. The Morgan fingerprint density at radius 3 is 2.77 bits per heavy atom. The van der Waals surface area contributed by atoms with Crippen molar-refractivity contribution >= 4 is 11.8 Å². The van der Waals surface area contributed by atoms with Crippen LogP contribution in [0.1, 0.15) is 18.9 Å². The molecule has 0 saturated heterocycles. The molecule has 0 saturated carbocycles. The van der Waals surface area contributed by atoms with Gasteiger partial charge in [-0.05, 0) is 37.3 Å². The largest absolute Gasteiger partial charge is 0.493 e. The van der Waals surface area contributed by atoms with Crippen molar-refractivity contribution in [1.82, 2.24) is 0 Å². The molecule has 0 radical (unpaired) electrons. The summed E-state index contributed by atoms with van der Waals surface area (Å²) in [6, 6.07) is 6.34. The van der Waals surface area contributed by atoms with Gasteiger partial charge in [0, 0.05) is 4.90 Å². The van der Waals surface area contributed by atoms with Gasteiger partial charge in [0.2, 0.25) is 0 Å². The fourth-order valence-corrected chi connectivity index (χ4v) is 1.50. The molecule has 1 nitrogen and oxygen atoms in total. The Balaban J connectivity index is 2.78. The maximum Gasteiger partial charge on any atom is 0.123 e. The second-order valence-electron chi connectivity index (χ2n) is 2.98. The molecule has 72 valence electrons. The molecule has 0 aliphatic heterocycles. The van der Waals surface area contributed by atoms with Gasteiger partial charge in [0.25, 0.3) is 0 Å². The van der Waals surface area contributed by atoms with Gasteiger partial charge in [-0.2, -0.15) is 0 Å². The number of aryl methyl sites for hydroxylation is 1. The van der Waals surface area contributed by atoms with Gasteiger partial charge < -0.3 is 4.74 Å². The van der Waals surface area contributed by atoms with Gasteiger partial charge in [-0.25, -0.2) is 0 Å². The first-order valence-corrected chi connectivity index (χ1v) is 5.78. The van der Waals surface area contributed by atoms with Crippen LogP contribution in [-0.2, 0) is 0 Å². The lowest BCUT2D eigenvalue weighted by Gasteiger charge is -2.08. The first kappa shape index (κ1) is 10.5. The first-order valence-electron chi connectivity index (χ1n) is 4.55. The third-order valence-corrected chi connectivity index (χ3v) is 2.58. The topological polar surface area (TPSA) is 9.23 Å². The number of benzene rings is 1. The van der Waals surface area contributed by atoms with Crippen LogP contribution in [-0.4, -0.2) is 12.9 Å². The minimum Gasteiger partial charge on any atom is -0.493 e. The van der Waals surface area contributed by atoms with Crippen LogP contribution in [0.15, 0.2) is 23.1 Å². The van der Waals surface area contributed by atoms with E-state index < -0.39 is 0 Å². The van der Waals surface area contributed by atoms with Crippen LogP contribution in [0.5, 0.6) is 5.75 Å². The van der Waals surface area contributed by atoms with Gasteiger partial charge >= 0.3 is 0 Å². The summed E-state index contributed by atoms with van der Waals surface area (Å²) in [5, 5.41) is 0. The predicted molar refractivity (Wildman–Crippen MR) is 58.7 cm³/mol.